The lowest BCUT2D eigenvalue weighted by molar-refractivity contribution is -0.870. The van der Waals surface area contributed by atoms with Crippen LogP contribution < -0.4 is 10.2 Å². The number of nitrogens with one attached hydrogen (secondary N) is 1. The second-order valence-electron chi connectivity index (χ2n) is 16.0. The highest BCUT2D eigenvalue weighted by Crippen LogP contribution is 2.38. The van der Waals surface area contributed by atoms with Crippen molar-refractivity contribution in [3.8, 4) is 0 Å². The number of aliphatic hydroxyl groups excluding tert-OH is 1. The highest BCUT2D eigenvalue weighted by Gasteiger charge is 2.23. The van der Waals surface area contributed by atoms with Crippen LogP contribution in [0.4, 0.5) is 0 Å². The minimum Gasteiger partial charge on any atom is -0.756 e. The van der Waals surface area contributed by atoms with Gasteiger partial charge in [0, 0.05) is 6.42 Å². The van der Waals surface area contributed by atoms with Gasteiger partial charge in [-0.3, -0.25) is 9.36 Å². The molecule has 3 unspecified atom stereocenters. The summed E-state index contributed by atoms with van der Waals surface area (Å²) in [7, 11) is 1.22. The fraction of sp³-hybridized carbons (Fsp3) is 0.688. The number of hydrogen-bond donors (Lipinski definition) is 2. The first-order valence-corrected chi connectivity index (χ1v) is 23.9. The Balaban J connectivity index is 4.17. The van der Waals surface area contributed by atoms with Gasteiger partial charge in [-0.05, 0) is 70.6 Å². The van der Waals surface area contributed by atoms with E-state index in [9.17, 15) is 19.4 Å². The number of allylic oxidation sites excluding steroid dienone is 13. The Morgan fingerprint density at radius 3 is 1.63 bits per heavy atom. The van der Waals surface area contributed by atoms with Crippen LogP contribution in [0, 0.1) is 0 Å². The van der Waals surface area contributed by atoms with Crippen LogP contribution in [0.25, 0.3) is 0 Å². The van der Waals surface area contributed by atoms with E-state index in [1.165, 1.54) is 64.2 Å². The monoisotopic (exact) mass is 817 g/mol. The number of aliphatic hydroxyl groups is 1. The Morgan fingerprint density at radius 1 is 0.632 bits per heavy atom. The fourth-order valence-electron chi connectivity index (χ4n) is 5.77. The van der Waals surface area contributed by atoms with Crippen molar-refractivity contribution in [3.63, 3.8) is 0 Å². The van der Waals surface area contributed by atoms with Gasteiger partial charge in [-0.1, -0.05) is 170 Å². The third kappa shape index (κ3) is 41.6. The summed E-state index contributed by atoms with van der Waals surface area (Å²) in [5.41, 5.74) is 0. The third-order valence-corrected chi connectivity index (χ3v) is 10.3. The number of nitrogens with zero attached hydrogens (tertiary/aromatic N) is 1. The van der Waals surface area contributed by atoms with Gasteiger partial charge in [0.05, 0.1) is 39.9 Å². The van der Waals surface area contributed by atoms with Crippen LogP contribution in [0.3, 0.4) is 0 Å². The number of rotatable bonds is 39. The maximum Gasteiger partial charge on any atom is 0.268 e. The number of phosphoric acid groups is 1. The minimum absolute atomic E-state index is 0.0114. The van der Waals surface area contributed by atoms with Crippen molar-refractivity contribution >= 4 is 13.7 Å². The topological polar surface area (TPSA) is 108 Å². The van der Waals surface area contributed by atoms with E-state index >= 15 is 0 Å². The molecular weight excluding hydrogens is 732 g/mol. The number of phosphoric ester groups is 1. The van der Waals surface area contributed by atoms with E-state index in [2.05, 4.69) is 92.1 Å². The number of carbonyl (C=O) groups excluding carboxylic acids is 1. The van der Waals surface area contributed by atoms with E-state index in [0.717, 1.165) is 77.0 Å². The molecule has 0 aliphatic carbocycles. The molecule has 0 radical (unpaired) electrons. The first-order valence-electron chi connectivity index (χ1n) is 22.4. The Labute approximate surface area is 350 Å². The molecular formula is C48H85N2O6P. The van der Waals surface area contributed by atoms with E-state index in [0.29, 0.717) is 17.4 Å². The second kappa shape index (κ2) is 39.2. The molecule has 57 heavy (non-hydrogen) atoms. The highest BCUT2D eigenvalue weighted by atomic mass is 31.2. The first kappa shape index (κ1) is 54.7. The van der Waals surface area contributed by atoms with E-state index in [1.807, 2.05) is 27.2 Å². The lowest BCUT2D eigenvalue weighted by atomic mass is 10.0. The number of amides is 1. The van der Waals surface area contributed by atoms with E-state index in [1.54, 1.807) is 6.08 Å². The van der Waals surface area contributed by atoms with Gasteiger partial charge in [0.15, 0.2) is 0 Å². The zero-order chi connectivity index (χ0) is 42.1. The molecule has 0 aromatic rings. The lowest BCUT2D eigenvalue weighted by Crippen LogP contribution is -2.45. The van der Waals surface area contributed by atoms with Gasteiger partial charge in [0.1, 0.15) is 13.2 Å². The summed E-state index contributed by atoms with van der Waals surface area (Å²) >= 11 is 0. The Hall–Kier alpha value is -2.32. The molecule has 0 heterocycles. The zero-order valence-electron chi connectivity index (χ0n) is 37.0. The molecule has 0 aromatic carbocycles. The molecule has 2 N–H and O–H groups in total. The van der Waals surface area contributed by atoms with E-state index < -0.39 is 26.6 Å². The molecule has 0 saturated carbocycles. The maximum atomic E-state index is 12.8. The Bertz CT molecular complexity index is 1200. The summed E-state index contributed by atoms with van der Waals surface area (Å²) in [6.45, 7) is 4.40. The van der Waals surface area contributed by atoms with Crippen molar-refractivity contribution in [1.29, 1.82) is 0 Å². The third-order valence-electron chi connectivity index (χ3n) is 9.34. The predicted octanol–water partition coefficient (Wildman–Crippen LogP) is 11.9. The molecule has 9 heteroatoms. The Kier molecular flexibility index (Phi) is 37.6. The standard InChI is InChI=1S/C48H85N2O6P/c1-6-8-10-12-14-16-17-18-19-20-21-22-23-24-25-26-27-28-29-30-31-32-33-34-36-38-40-42-48(52)49-46(45-56-57(53,54)55-44-43-50(3,4)5)47(51)41-39-37-35-15-13-11-9-7-2/h8,10,13-16,18-19,21-22,24-25,39,41,46-47,51H,6-7,9,11-12,17,20,23,26-38,40,42-45H2,1-5H3,(H-,49,52,53,54)/b10-8-,15-13+,16-14-,19-18-,22-21-,25-24-,41-39+. The molecule has 0 fully saturated rings. The van der Waals surface area contributed by atoms with Crippen LogP contribution in [0.1, 0.15) is 162 Å². The summed E-state index contributed by atoms with van der Waals surface area (Å²) in [6, 6.07) is -0.906. The van der Waals surface area contributed by atoms with Crippen LogP contribution >= 0.6 is 7.82 Å². The predicted molar refractivity (Wildman–Crippen MR) is 242 cm³/mol. The molecule has 0 bridgehead atoms. The van der Waals surface area contributed by atoms with Crippen molar-refractivity contribution < 1.29 is 32.9 Å². The zero-order valence-corrected chi connectivity index (χ0v) is 37.9. The SMILES string of the molecule is CC/C=C\C/C=C\C/C=C\C/C=C\C/C=C\CCCCCCCCCCCCCC(=O)NC(COP(=O)([O-])OCC[N+](C)(C)C)C(O)/C=C/CC/C=C/CCCC. The Morgan fingerprint density at radius 2 is 1.09 bits per heavy atom. The van der Waals surface area contributed by atoms with Crippen LogP contribution in [0.15, 0.2) is 85.1 Å². The van der Waals surface area contributed by atoms with Gasteiger partial charge < -0.3 is 28.8 Å². The van der Waals surface area contributed by atoms with E-state index in [4.69, 9.17) is 9.05 Å². The van der Waals surface area contributed by atoms with Crippen molar-refractivity contribution in [1.82, 2.24) is 5.32 Å². The summed E-state index contributed by atoms with van der Waals surface area (Å²) in [5.74, 6) is -0.220. The van der Waals surface area contributed by atoms with Gasteiger partial charge >= 0.3 is 0 Å². The average molecular weight is 817 g/mol. The molecule has 3 atom stereocenters. The molecule has 0 saturated heterocycles. The first-order chi connectivity index (χ1) is 27.5. The lowest BCUT2D eigenvalue weighted by Gasteiger charge is -2.29. The number of carbonyl (C=O) groups is 1. The molecule has 8 nitrogen and oxygen atoms in total. The molecule has 1 amide bonds. The van der Waals surface area contributed by atoms with Gasteiger partial charge in [-0.15, -0.1) is 0 Å². The fourth-order valence-corrected chi connectivity index (χ4v) is 6.49. The summed E-state index contributed by atoms with van der Waals surface area (Å²) in [5, 5.41) is 13.6. The molecule has 0 aromatic heterocycles. The van der Waals surface area contributed by atoms with Gasteiger partial charge in [0.25, 0.3) is 7.82 Å². The minimum atomic E-state index is -4.59. The highest BCUT2D eigenvalue weighted by molar-refractivity contribution is 7.45. The molecule has 328 valence electrons. The number of hydrogen-bond acceptors (Lipinski definition) is 6. The van der Waals surface area contributed by atoms with Gasteiger partial charge in [-0.2, -0.15) is 0 Å². The van der Waals surface area contributed by atoms with Gasteiger partial charge in [-0.25, -0.2) is 0 Å². The second-order valence-corrected chi connectivity index (χ2v) is 17.4. The van der Waals surface area contributed by atoms with Crippen LogP contribution in [0.2, 0.25) is 0 Å². The number of unbranched alkanes of at least 4 members (excludes halogenated alkanes) is 14. The molecule has 0 spiro atoms. The summed E-state index contributed by atoms with van der Waals surface area (Å²) in [6.07, 6.45) is 53.7. The molecule has 0 aliphatic rings. The van der Waals surface area contributed by atoms with Gasteiger partial charge in [0.2, 0.25) is 5.91 Å². The largest absolute Gasteiger partial charge is 0.756 e. The maximum absolute atomic E-state index is 12.8. The van der Waals surface area contributed by atoms with Crippen LogP contribution in [-0.4, -0.2) is 68.5 Å². The normalized spacial score (nSPS) is 15.1. The van der Waals surface area contributed by atoms with Crippen LogP contribution in [0.5, 0.6) is 0 Å². The summed E-state index contributed by atoms with van der Waals surface area (Å²) in [4.78, 5) is 25.2. The van der Waals surface area contributed by atoms with Crippen molar-refractivity contribution in [2.75, 3.05) is 40.9 Å². The quantitative estimate of drug-likeness (QED) is 0.0277. The average Bonchev–Trinajstić information content (AvgIpc) is 3.16. The molecule has 0 aliphatic heterocycles. The summed E-state index contributed by atoms with van der Waals surface area (Å²) < 4.78 is 23.1. The van der Waals surface area contributed by atoms with Crippen molar-refractivity contribution in [2.24, 2.45) is 0 Å². The number of quaternary nitrogens is 1. The van der Waals surface area contributed by atoms with Crippen LogP contribution in [-0.2, 0) is 18.4 Å². The van der Waals surface area contributed by atoms with Crippen molar-refractivity contribution in [2.45, 2.75) is 174 Å². The molecule has 0 rings (SSSR count). The smallest absolute Gasteiger partial charge is 0.268 e. The number of likely N-dealkylation sites (N-methyl/N-ethyl adjacent to an activating group) is 1. The van der Waals surface area contributed by atoms with Crippen molar-refractivity contribution in [3.05, 3.63) is 85.1 Å². The van der Waals surface area contributed by atoms with E-state index in [-0.39, 0.29) is 12.5 Å².